The molecular formula is C8H13FO4. The quantitative estimate of drug-likeness (QED) is 0.595. The molecule has 0 aromatic carbocycles. The maximum Gasteiger partial charge on any atom is 0.192 e. The molecular weight excluding hydrogens is 179 g/mol. The number of hydrogen-bond donors (Lipinski definition) is 2. The summed E-state index contributed by atoms with van der Waals surface area (Å²) in [4.78, 5) is 0. The summed E-state index contributed by atoms with van der Waals surface area (Å²) in [5.41, 5.74) is 0. The second kappa shape index (κ2) is 4.66. The third-order valence-electron chi connectivity index (χ3n) is 1.83. The van der Waals surface area contributed by atoms with Crippen molar-refractivity contribution in [3.05, 3.63) is 12.7 Å². The van der Waals surface area contributed by atoms with Crippen LogP contribution in [0.25, 0.3) is 0 Å². The first-order valence-electron chi connectivity index (χ1n) is 4.01. The van der Waals surface area contributed by atoms with E-state index in [1.807, 2.05) is 0 Å². The minimum absolute atomic E-state index is 0.149. The average molecular weight is 192 g/mol. The molecule has 1 heterocycles. The van der Waals surface area contributed by atoms with Crippen molar-refractivity contribution in [1.82, 2.24) is 0 Å². The van der Waals surface area contributed by atoms with Gasteiger partial charge in [-0.05, 0) is 0 Å². The van der Waals surface area contributed by atoms with E-state index < -0.39 is 31.3 Å². The fourth-order valence-corrected chi connectivity index (χ4v) is 1.14. The topological polar surface area (TPSA) is 58.9 Å². The van der Waals surface area contributed by atoms with E-state index in [9.17, 15) is 4.39 Å². The highest BCUT2D eigenvalue weighted by Crippen LogP contribution is 2.24. The molecule has 0 aromatic heterocycles. The minimum atomic E-state index is -1.61. The number of alkyl halides is 1. The summed E-state index contributed by atoms with van der Waals surface area (Å²) in [6, 6.07) is 0. The summed E-state index contributed by atoms with van der Waals surface area (Å²) < 4.78 is 22.9. The predicted molar refractivity (Wildman–Crippen MR) is 42.8 cm³/mol. The molecule has 1 fully saturated rings. The van der Waals surface area contributed by atoms with E-state index >= 15 is 0 Å². The van der Waals surface area contributed by atoms with E-state index in [0.717, 1.165) is 0 Å². The summed E-state index contributed by atoms with van der Waals surface area (Å²) in [6.07, 6.45) is -3.48. The number of ether oxygens (including phenoxy) is 2. The first kappa shape index (κ1) is 10.6. The first-order chi connectivity index (χ1) is 6.20. The molecule has 1 aliphatic rings. The zero-order chi connectivity index (χ0) is 9.84. The molecule has 1 aliphatic heterocycles. The number of hydrogen-bond acceptors (Lipinski definition) is 4. The maximum atomic E-state index is 13.1. The molecule has 0 spiro atoms. The normalized spacial score (nSPS) is 39.3. The summed E-state index contributed by atoms with van der Waals surface area (Å²) in [5.74, 6) is 0. The molecule has 0 bridgehead atoms. The number of aliphatic hydroxyl groups is 2. The van der Waals surface area contributed by atoms with Crippen molar-refractivity contribution in [2.75, 3.05) is 13.2 Å². The van der Waals surface area contributed by atoms with Crippen LogP contribution < -0.4 is 0 Å². The molecule has 2 N–H and O–H groups in total. The van der Waals surface area contributed by atoms with E-state index in [4.69, 9.17) is 19.7 Å². The summed E-state index contributed by atoms with van der Waals surface area (Å²) in [5, 5.41) is 17.8. The van der Waals surface area contributed by atoms with Gasteiger partial charge < -0.3 is 19.7 Å². The van der Waals surface area contributed by atoms with Crippen LogP contribution in [-0.4, -0.2) is 48.1 Å². The molecule has 0 unspecified atom stereocenters. The maximum absolute atomic E-state index is 13.1. The Hall–Kier alpha value is -0.490. The third-order valence-corrected chi connectivity index (χ3v) is 1.83. The molecule has 4 nitrogen and oxygen atoms in total. The Kier molecular flexibility index (Phi) is 3.80. The minimum Gasteiger partial charge on any atom is -0.394 e. The lowest BCUT2D eigenvalue weighted by Gasteiger charge is -2.11. The van der Waals surface area contributed by atoms with Crippen LogP contribution in [0.15, 0.2) is 12.7 Å². The fraction of sp³-hybridized carbons (Fsp3) is 0.750. The Balaban J connectivity index is 2.45. The number of rotatable bonds is 4. The molecule has 1 saturated heterocycles. The Morgan fingerprint density at radius 1 is 1.62 bits per heavy atom. The van der Waals surface area contributed by atoms with E-state index in [2.05, 4.69) is 6.58 Å². The first-order valence-corrected chi connectivity index (χ1v) is 4.01. The smallest absolute Gasteiger partial charge is 0.192 e. The van der Waals surface area contributed by atoms with E-state index in [0.29, 0.717) is 0 Å². The molecule has 0 amide bonds. The molecule has 0 radical (unpaired) electrons. The van der Waals surface area contributed by atoms with Crippen molar-refractivity contribution in [2.45, 2.75) is 24.7 Å². The highest BCUT2D eigenvalue weighted by Gasteiger charge is 2.44. The van der Waals surface area contributed by atoms with Crippen LogP contribution in [0.4, 0.5) is 4.39 Å². The number of aliphatic hydroxyl groups excluding tert-OH is 2. The van der Waals surface area contributed by atoms with Crippen molar-refractivity contribution < 1.29 is 24.1 Å². The fourth-order valence-electron chi connectivity index (χ4n) is 1.14. The Bertz CT molecular complexity index is 176. The largest absolute Gasteiger partial charge is 0.394 e. The van der Waals surface area contributed by atoms with Crippen LogP contribution in [0, 0.1) is 0 Å². The average Bonchev–Trinajstić information content (AvgIpc) is 2.41. The van der Waals surface area contributed by atoms with Crippen LogP contribution in [-0.2, 0) is 9.47 Å². The van der Waals surface area contributed by atoms with Crippen LogP contribution in [0.2, 0.25) is 0 Å². The van der Waals surface area contributed by atoms with Crippen LogP contribution in [0.5, 0.6) is 0 Å². The molecule has 4 atom stereocenters. The molecule has 5 heteroatoms. The molecule has 13 heavy (non-hydrogen) atoms. The van der Waals surface area contributed by atoms with Gasteiger partial charge in [-0.3, -0.25) is 0 Å². The van der Waals surface area contributed by atoms with Crippen molar-refractivity contribution >= 4 is 0 Å². The molecule has 0 aromatic rings. The van der Waals surface area contributed by atoms with Gasteiger partial charge >= 0.3 is 0 Å². The lowest BCUT2D eigenvalue weighted by Crippen LogP contribution is -2.31. The van der Waals surface area contributed by atoms with Gasteiger partial charge in [-0.25, -0.2) is 4.39 Å². The molecule has 1 rings (SSSR count). The van der Waals surface area contributed by atoms with Gasteiger partial charge in [-0.15, -0.1) is 6.58 Å². The van der Waals surface area contributed by atoms with Crippen LogP contribution >= 0.6 is 0 Å². The van der Waals surface area contributed by atoms with Crippen LogP contribution in [0.3, 0.4) is 0 Å². The second-order valence-electron chi connectivity index (χ2n) is 2.78. The van der Waals surface area contributed by atoms with E-state index in [1.54, 1.807) is 0 Å². The summed E-state index contributed by atoms with van der Waals surface area (Å²) >= 11 is 0. The van der Waals surface area contributed by atoms with Crippen molar-refractivity contribution in [1.29, 1.82) is 0 Å². The zero-order valence-electron chi connectivity index (χ0n) is 7.10. The van der Waals surface area contributed by atoms with Crippen molar-refractivity contribution in [3.8, 4) is 0 Å². The lowest BCUT2D eigenvalue weighted by atomic mass is 10.2. The van der Waals surface area contributed by atoms with Gasteiger partial charge in [-0.2, -0.15) is 0 Å². The summed E-state index contributed by atoms with van der Waals surface area (Å²) in [7, 11) is 0. The molecule has 0 aliphatic carbocycles. The second-order valence-corrected chi connectivity index (χ2v) is 2.78. The van der Waals surface area contributed by atoms with Gasteiger partial charge in [0.1, 0.15) is 12.2 Å². The predicted octanol–water partition coefficient (Wildman–Crippen LogP) is -0.395. The van der Waals surface area contributed by atoms with Gasteiger partial charge in [0.2, 0.25) is 0 Å². The lowest BCUT2D eigenvalue weighted by molar-refractivity contribution is -0.151. The van der Waals surface area contributed by atoms with E-state index in [1.165, 1.54) is 6.08 Å². The Morgan fingerprint density at radius 2 is 2.31 bits per heavy atom. The molecule has 0 saturated carbocycles. The Morgan fingerprint density at radius 3 is 2.77 bits per heavy atom. The highest BCUT2D eigenvalue weighted by atomic mass is 19.1. The van der Waals surface area contributed by atoms with Gasteiger partial charge in [0, 0.05) is 0 Å². The summed E-state index contributed by atoms with van der Waals surface area (Å²) in [6.45, 7) is 3.12. The van der Waals surface area contributed by atoms with E-state index in [-0.39, 0.29) is 6.61 Å². The SMILES string of the molecule is C=CCO[C@H]1O[C@H](CO)[C@@H](O)[C@H]1F. The van der Waals surface area contributed by atoms with Crippen LogP contribution in [0.1, 0.15) is 0 Å². The zero-order valence-corrected chi connectivity index (χ0v) is 7.10. The monoisotopic (exact) mass is 192 g/mol. The van der Waals surface area contributed by atoms with Gasteiger partial charge in [0.05, 0.1) is 13.2 Å². The van der Waals surface area contributed by atoms with Gasteiger partial charge in [0.15, 0.2) is 12.5 Å². The van der Waals surface area contributed by atoms with Gasteiger partial charge in [0.25, 0.3) is 0 Å². The number of halogens is 1. The third kappa shape index (κ3) is 2.25. The van der Waals surface area contributed by atoms with Crippen molar-refractivity contribution in [2.24, 2.45) is 0 Å². The van der Waals surface area contributed by atoms with Gasteiger partial charge in [-0.1, -0.05) is 6.08 Å². The van der Waals surface area contributed by atoms with Crippen molar-refractivity contribution in [3.63, 3.8) is 0 Å². The molecule has 76 valence electrons. The standard InChI is InChI=1S/C8H13FO4/c1-2-3-12-8-6(9)7(11)5(4-10)13-8/h2,5-8,10-11H,1,3-4H2/t5-,6-,7-,8+/m1/s1. The Labute approximate surface area is 75.6 Å². The highest BCUT2D eigenvalue weighted by molar-refractivity contribution is 4.87.